The molecule has 5 atom stereocenters. The van der Waals surface area contributed by atoms with Crippen LogP contribution in [0.2, 0.25) is 0 Å². The van der Waals surface area contributed by atoms with E-state index in [4.69, 9.17) is 19.3 Å². The van der Waals surface area contributed by atoms with Gasteiger partial charge in [-0.2, -0.15) is 8.62 Å². The van der Waals surface area contributed by atoms with E-state index in [2.05, 4.69) is 18.1 Å². The number of hydrogen-bond acceptors (Lipinski definition) is 12. The Balaban J connectivity index is 2.13. The molecule has 0 aliphatic carbocycles. The lowest BCUT2D eigenvalue weighted by molar-refractivity contribution is -0.0543. The fourth-order valence-electron chi connectivity index (χ4n) is 2.70. The monoisotopic (exact) mass is 588 g/mol. The molecule has 2 rings (SSSR count). The minimum Gasteiger partial charge on any atom is -0.364 e. The predicted octanol–water partition coefficient (Wildman–Crippen LogP) is 1.22. The van der Waals surface area contributed by atoms with Crippen molar-refractivity contribution in [2.75, 3.05) is 18.3 Å². The van der Waals surface area contributed by atoms with Crippen LogP contribution >= 0.6 is 45.1 Å². The van der Waals surface area contributed by atoms with Gasteiger partial charge in [0, 0.05) is 23.9 Å². The second kappa shape index (κ2) is 12.3. The molecule has 1 aliphatic heterocycles. The lowest BCUT2D eigenvalue weighted by Crippen LogP contribution is -2.33. The Labute approximate surface area is 200 Å². The molecule has 34 heavy (non-hydrogen) atoms. The third-order valence-electron chi connectivity index (χ3n) is 3.99. The Morgan fingerprint density at radius 3 is 2.44 bits per heavy atom. The molecular weight excluding hydrogens is 565 g/mol. The molecule has 2 heterocycles. The summed E-state index contributed by atoms with van der Waals surface area (Å²) < 4.78 is 58.7. The van der Waals surface area contributed by atoms with Crippen molar-refractivity contribution >= 4 is 45.1 Å². The van der Waals surface area contributed by atoms with Crippen LogP contribution in [-0.2, 0) is 36.3 Å². The van der Waals surface area contributed by atoms with Gasteiger partial charge in [0.2, 0.25) is 0 Å². The Hall–Kier alpha value is -0.290. The van der Waals surface area contributed by atoms with Crippen molar-refractivity contribution in [3.63, 3.8) is 0 Å². The van der Waals surface area contributed by atoms with E-state index < -0.39 is 59.8 Å². The van der Waals surface area contributed by atoms with Gasteiger partial charge in [0.05, 0.1) is 12.7 Å². The van der Waals surface area contributed by atoms with Gasteiger partial charge in [-0.3, -0.25) is 18.9 Å². The molecule has 0 radical (unpaired) electrons. The third-order valence-corrected chi connectivity index (χ3v) is 9.92. The quantitative estimate of drug-likeness (QED) is 0.0943. The van der Waals surface area contributed by atoms with Crippen molar-refractivity contribution in [2.24, 2.45) is 0 Å². The molecule has 0 spiro atoms. The number of aromatic nitrogens is 2. The van der Waals surface area contributed by atoms with Crippen LogP contribution in [0, 0.1) is 6.92 Å². The van der Waals surface area contributed by atoms with E-state index in [0.717, 1.165) is 10.3 Å². The lowest BCUT2D eigenvalue weighted by atomic mass is 10.2. The molecule has 1 aromatic heterocycles. The van der Waals surface area contributed by atoms with Gasteiger partial charge in [0.15, 0.2) is 0 Å². The first-order chi connectivity index (χ1) is 15.6. The molecule has 0 aromatic carbocycles. The Bertz CT molecular complexity index is 1110. The number of aromatic amines is 1. The summed E-state index contributed by atoms with van der Waals surface area (Å²) in [5.41, 5.74) is -1.11. The average Bonchev–Trinajstić information content (AvgIpc) is 3.06. The number of nitrogens with one attached hydrogen (secondary N) is 1. The summed E-state index contributed by atoms with van der Waals surface area (Å²) in [6.07, 6.45) is -1.46. The SMILES string of the molecule is CCSSCO[C@H]1CC(n2cc(C)c(=O)[nH]c2=O)OC1COP(=O)(O)OP(=O)(O)OP(=O)(O)O. The van der Waals surface area contributed by atoms with Crippen LogP contribution in [0.25, 0.3) is 0 Å². The zero-order valence-corrected chi connectivity index (χ0v) is 21.9. The molecule has 196 valence electrons. The molecule has 1 aliphatic rings. The number of H-pyrrole nitrogens is 1. The summed E-state index contributed by atoms with van der Waals surface area (Å²) >= 11 is 0. The van der Waals surface area contributed by atoms with Gasteiger partial charge in [-0.05, 0) is 6.92 Å². The number of ether oxygens (including phenoxy) is 2. The van der Waals surface area contributed by atoms with Crippen molar-refractivity contribution in [3.05, 3.63) is 32.6 Å². The van der Waals surface area contributed by atoms with Crippen molar-refractivity contribution in [1.29, 1.82) is 0 Å². The van der Waals surface area contributed by atoms with E-state index in [1.807, 2.05) is 6.92 Å². The minimum atomic E-state index is -5.67. The third kappa shape index (κ3) is 9.64. The number of phosphoric acid groups is 3. The summed E-state index contributed by atoms with van der Waals surface area (Å²) in [5, 5.41) is 0. The zero-order chi connectivity index (χ0) is 25.7. The number of hydrogen-bond donors (Lipinski definition) is 5. The molecule has 1 saturated heterocycles. The summed E-state index contributed by atoms with van der Waals surface area (Å²) in [4.78, 5) is 62.0. The molecule has 0 saturated carbocycles. The van der Waals surface area contributed by atoms with Crippen LogP contribution in [0.1, 0.15) is 25.1 Å². The van der Waals surface area contributed by atoms with Crippen molar-refractivity contribution in [3.8, 4) is 0 Å². The van der Waals surface area contributed by atoms with E-state index in [-0.39, 0.29) is 17.9 Å². The fourth-order valence-corrected chi connectivity index (χ4v) is 7.07. The summed E-state index contributed by atoms with van der Waals surface area (Å²) in [7, 11) is -13.7. The van der Waals surface area contributed by atoms with E-state index in [9.17, 15) is 33.1 Å². The normalized spacial score (nSPS) is 24.6. The van der Waals surface area contributed by atoms with Crippen LogP contribution in [0.4, 0.5) is 0 Å². The van der Waals surface area contributed by atoms with Gasteiger partial charge in [-0.1, -0.05) is 28.5 Å². The molecule has 4 unspecified atom stereocenters. The lowest BCUT2D eigenvalue weighted by Gasteiger charge is -2.21. The van der Waals surface area contributed by atoms with Gasteiger partial charge < -0.3 is 29.0 Å². The van der Waals surface area contributed by atoms with E-state index in [0.29, 0.717) is 0 Å². The Morgan fingerprint density at radius 2 is 1.82 bits per heavy atom. The number of phosphoric ester groups is 1. The largest absolute Gasteiger partial charge is 0.490 e. The average molecular weight is 588 g/mol. The molecule has 5 N–H and O–H groups in total. The highest BCUT2D eigenvalue weighted by Crippen LogP contribution is 2.66. The molecule has 1 aromatic rings. The van der Waals surface area contributed by atoms with Crippen molar-refractivity contribution in [2.45, 2.75) is 38.7 Å². The molecule has 1 fully saturated rings. The highest BCUT2D eigenvalue weighted by molar-refractivity contribution is 8.76. The van der Waals surface area contributed by atoms with Crippen LogP contribution in [0.3, 0.4) is 0 Å². The molecule has 16 nitrogen and oxygen atoms in total. The van der Waals surface area contributed by atoms with E-state index in [1.165, 1.54) is 34.7 Å². The van der Waals surface area contributed by atoms with Crippen molar-refractivity contribution < 1.29 is 55.9 Å². The molecule has 0 amide bonds. The maximum Gasteiger partial charge on any atom is 0.490 e. The maximum atomic E-state index is 12.2. The van der Waals surface area contributed by atoms with Gasteiger partial charge in [-0.15, -0.1) is 0 Å². The van der Waals surface area contributed by atoms with Crippen LogP contribution in [-0.4, -0.2) is 59.6 Å². The van der Waals surface area contributed by atoms with E-state index >= 15 is 0 Å². The fraction of sp³-hybridized carbons (Fsp3) is 0.692. The first kappa shape index (κ1) is 29.9. The summed E-state index contributed by atoms with van der Waals surface area (Å²) in [6, 6.07) is 0. The first-order valence-corrected chi connectivity index (χ1v) is 16.3. The van der Waals surface area contributed by atoms with Gasteiger partial charge >= 0.3 is 29.2 Å². The van der Waals surface area contributed by atoms with Crippen LogP contribution < -0.4 is 11.2 Å². The minimum absolute atomic E-state index is 0.0766. The van der Waals surface area contributed by atoms with Gasteiger partial charge in [0.25, 0.3) is 5.56 Å². The second-order valence-corrected chi connectivity index (χ2v) is 13.7. The van der Waals surface area contributed by atoms with Crippen LogP contribution in [0.5, 0.6) is 0 Å². The summed E-state index contributed by atoms with van der Waals surface area (Å²) in [5.74, 6) is 0.990. The van der Waals surface area contributed by atoms with E-state index in [1.54, 1.807) is 0 Å². The second-order valence-electron chi connectivity index (χ2n) is 6.58. The Morgan fingerprint density at radius 1 is 1.15 bits per heavy atom. The number of rotatable bonds is 13. The van der Waals surface area contributed by atoms with Gasteiger partial charge in [-0.25, -0.2) is 18.5 Å². The molecular formula is C13H23N2O14P3S2. The molecule has 0 bridgehead atoms. The maximum absolute atomic E-state index is 12.2. The highest BCUT2D eigenvalue weighted by Gasteiger charge is 2.43. The van der Waals surface area contributed by atoms with Gasteiger partial charge in [0.1, 0.15) is 18.3 Å². The summed E-state index contributed by atoms with van der Waals surface area (Å²) in [6.45, 7) is 2.67. The Kier molecular flexibility index (Phi) is 10.8. The number of nitrogens with zero attached hydrogens (tertiary/aromatic N) is 1. The first-order valence-electron chi connectivity index (χ1n) is 9.24. The van der Waals surface area contributed by atoms with Crippen molar-refractivity contribution in [1.82, 2.24) is 9.55 Å². The highest BCUT2D eigenvalue weighted by atomic mass is 33.1. The topological polar surface area (TPSA) is 233 Å². The van der Waals surface area contributed by atoms with Crippen LogP contribution in [0.15, 0.2) is 15.8 Å². The molecule has 21 heteroatoms. The smallest absolute Gasteiger partial charge is 0.364 e. The standard InChI is InChI=1S/C13H23N2O14P3S2/c1-3-33-34-7-25-9-4-11(15-5-8(2)12(16)14-13(15)17)27-10(9)6-26-31(21,22)29-32(23,24)28-30(18,19)20/h5,9-11H,3-4,6-7H2,1-2H3,(H,21,22)(H,23,24)(H,14,16,17)(H2,18,19,20)/t9-,10?,11?/m0/s1. The zero-order valence-electron chi connectivity index (χ0n) is 17.6. The number of aryl methyl sites for hydroxylation is 1. The predicted molar refractivity (Wildman–Crippen MR) is 120 cm³/mol.